The molecule has 4 N–H and O–H groups in total. The smallest absolute Gasteiger partial charge is 0.296 e. The summed E-state index contributed by atoms with van der Waals surface area (Å²) in [7, 11) is -0.221. The number of aromatic nitrogens is 2. The molecule has 0 unspecified atom stereocenters. The molecular formula is C12H15BrN6O2S. The Bertz CT molecular complexity index is 781. The largest absolute Gasteiger partial charge is 0.347 e. The zero-order valence-corrected chi connectivity index (χ0v) is 14.3. The Kier molecular flexibility index (Phi) is 4.84. The van der Waals surface area contributed by atoms with Gasteiger partial charge >= 0.3 is 0 Å². The monoisotopic (exact) mass is 386 g/mol. The second kappa shape index (κ2) is 6.46. The van der Waals surface area contributed by atoms with E-state index in [0.29, 0.717) is 27.6 Å². The summed E-state index contributed by atoms with van der Waals surface area (Å²) in [6, 6.07) is 6.75. The number of nitrogens with zero attached hydrogens (tertiary/aromatic N) is 3. The number of hydrogen-bond donors (Lipinski definition) is 3. The van der Waals surface area contributed by atoms with E-state index >= 15 is 0 Å². The van der Waals surface area contributed by atoms with Crippen LogP contribution in [0.2, 0.25) is 0 Å². The summed E-state index contributed by atoms with van der Waals surface area (Å²) in [5.74, 6) is 1.02. The van der Waals surface area contributed by atoms with Crippen LogP contribution in [0.4, 0.5) is 23.1 Å². The summed E-state index contributed by atoms with van der Waals surface area (Å²) in [5.41, 5.74) is 0.836. The Morgan fingerprint density at radius 1 is 1.23 bits per heavy atom. The highest BCUT2D eigenvalue weighted by atomic mass is 79.9. The molecule has 0 atom stereocenters. The maximum absolute atomic E-state index is 11.2. The Hall–Kier alpha value is -1.91. The van der Waals surface area contributed by atoms with Gasteiger partial charge in [-0.05, 0) is 28.1 Å². The van der Waals surface area contributed by atoms with E-state index < -0.39 is 10.2 Å². The number of nitrogens with one attached hydrogen (secondary N) is 2. The second-order valence-electron chi connectivity index (χ2n) is 4.58. The fraction of sp³-hybridized carbons (Fsp3) is 0.167. The molecule has 0 aliphatic heterocycles. The van der Waals surface area contributed by atoms with Gasteiger partial charge in [-0.25, -0.2) is 10.1 Å². The van der Waals surface area contributed by atoms with Crippen LogP contribution in [0, 0.1) is 0 Å². The molecule has 10 heteroatoms. The van der Waals surface area contributed by atoms with Gasteiger partial charge in [0, 0.05) is 20.3 Å². The van der Waals surface area contributed by atoms with E-state index in [9.17, 15) is 8.42 Å². The summed E-state index contributed by atoms with van der Waals surface area (Å²) in [6.45, 7) is 0. The Morgan fingerprint density at radius 2 is 1.86 bits per heavy atom. The number of anilines is 4. The van der Waals surface area contributed by atoms with Crippen LogP contribution in [-0.4, -0.2) is 32.5 Å². The highest BCUT2D eigenvalue weighted by Crippen LogP contribution is 2.29. The molecule has 2 rings (SSSR count). The molecule has 0 saturated carbocycles. The van der Waals surface area contributed by atoms with E-state index in [4.69, 9.17) is 5.14 Å². The van der Waals surface area contributed by atoms with Gasteiger partial charge in [0.2, 0.25) is 5.95 Å². The summed E-state index contributed by atoms with van der Waals surface area (Å²) in [5, 5.41) is 8.07. The number of para-hydroxylation sites is 2. The molecule has 1 aromatic carbocycles. The van der Waals surface area contributed by atoms with Gasteiger partial charge in [0.1, 0.15) is 5.82 Å². The lowest BCUT2D eigenvalue weighted by atomic mass is 10.2. The number of hydrogen-bond acceptors (Lipinski definition) is 6. The van der Waals surface area contributed by atoms with Crippen molar-refractivity contribution in [3.05, 3.63) is 34.9 Å². The van der Waals surface area contributed by atoms with Crippen molar-refractivity contribution in [3.63, 3.8) is 0 Å². The van der Waals surface area contributed by atoms with E-state index in [1.807, 2.05) is 14.1 Å². The average molecular weight is 387 g/mol. The lowest BCUT2D eigenvalue weighted by Crippen LogP contribution is -2.22. The SMILES string of the molecule is CN(C)c1ncc(Br)c(Nc2ccccc2NS(N)(=O)=O)n1. The van der Waals surface area contributed by atoms with Crippen molar-refractivity contribution < 1.29 is 8.42 Å². The van der Waals surface area contributed by atoms with E-state index in [1.165, 1.54) is 0 Å². The van der Waals surface area contributed by atoms with Crippen molar-refractivity contribution in [2.24, 2.45) is 5.14 Å². The quantitative estimate of drug-likeness (QED) is 0.719. The Balaban J connectivity index is 2.37. The van der Waals surface area contributed by atoms with Crippen LogP contribution < -0.4 is 20.1 Å². The van der Waals surface area contributed by atoms with Crippen molar-refractivity contribution in [3.8, 4) is 0 Å². The first-order chi connectivity index (χ1) is 10.3. The van der Waals surface area contributed by atoms with Crippen LogP contribution in [0.1, 0.15) is 0 Å². The number of nitrogens with two attached hydrogens (primary N) is 1. The summed E-state index contributed by atoms with van der Waals surface area (Å²) < 4.78 is 25.3. The fourth-order valence-electron chi connectivity index (χ4n) is 1.62. The van der Waals surface area contributed by atoms with Crippen LogP contribution in [0.25, 0.3) is 0 Å². The third-order valence-corrected chi connectivity index (χ3v) is 3.65. The van der Waals surface area contributed by atoms with Gasteiger partial charge in [-0.2, -0.15) is 13.4 Å². The van der Waals surface area contributed by atoms with E-state index in [1.54, 1.807) is 35.4 Å². The topological polar surface area (TPSA) is 113 Å². The van der Waals surface area contributed by atoms with Gasteiger partial charge in [-0.15, -0.1) is 0 Å². The van der Waals surface area contributed by atoms with Crippen LogP contribution in [-0.2, 0) is 10.2 Å². The predicted octanol–water partition coefficient (Wildman–Crippen LogP) is 1.66. The zero-order chi connectivity index (χ0) is 16.3. The minimum Gasteiger partial charge on any atom is -0.347 e. The standard InChI is InChI=1S/C12H15BrN6O2S/c1-19(2)12-15-7-8(13)11(17-12)16-9-5-3-4-6-10(9)18-22(14,20)21/h3-7,18H,1-2H3,(H2,14,20,21)(H,15,16,17). The minimum absolute atomic E-state index is 0.321. The summed E-state index contributed by atoms with van der Waals surface area (Å²) >= 11 is 3.35. The van der Waals surface area contributed by atoms with Crippen molar-refractivity contribution in [2.75, 3.05) is 29.0 Å². The number of rotatable bonds is 5. The average Bonchev–Trinajstić information content (AvgIpc) is 2.41. The van der Waals surface area contributed by atoms with Crippen molar-refractivity contribution in [1.82, 2.24) is 9.97 Å². The van der Waals surface area contributed by atoms with Crippen LogP contribution in [0.3, 0.4) is 0 Å². The van der Waals surface area contributed by atoms with Gasteiger partial charge in [0.05, 0.1) is 15.8 Å². The number of benzene rings is 1. The van der Waals surface area contributed by atoms with Crippen LogP contribution in [0.15, 0.2) is 34.9 Å². The third kappa shape index (κ3) is 4.29. The van der Waals surface area contributed by atoms with Crippen molar-refractivity contribution in [2.45, 2.75) is 0 Å². The number of halogens is 1. The molecule has 1 aromatic heterocycles. The predicted molar refractivity (Wildman–Crippen MR) is 90.5 cm³/mol. The molecule has 0 aliphatic rings. The maximum atomic E-state index is 11.2. The molecule has 1 heterocycles. The summed E-state index contributed by atoms with van der Waals surface area (Å²) in [4.78, 5) is 10.3. The Morgan fingerprint density at radius 3 is 2.45 bits per heavy atom. The molecule has 0 aliphatic carbocycles. The van der Waals surface area contributed by atoms with Gasteiger partial charge < -0.3 is 10.2 Å². The van der Waals surface area contributed by atoms with E-state index in [2.05, 4.69) is 35.9 Å². The van der Waals surface area contributed by atoms with Gasteiger partial charge in [-0.1, -0.05) is 12.1 Å². The third-order valence-electron chi connectivity index (χ3n) is 2.56. The van der Waals surface area contributed by atoms with Gasteiger partial charge in [0.25, 0.3) is 10.2 Å². The molecule has 0 saturated heterocycles. The first kappa shape index (κ1) is 16.5. The maximum Gasteiger partial charge on any atom is 0.296 e. The first-order valence-corrected chi connectivity index (χ1v) is 8.46. The first-order valence-electron chi connectivity index (χ1n) is 6.13. The zero-order valence-electron chi connectivity index (χ0n) is 11.9. The van der Waals surface area contributed by atoms with Crippen LogP contribution in [0.5, 0.6) is 0 Å². The molecule has 0 radical (unpaired) electrons. The lowest BCUT2D eigenvalue weighted by Gasteiger charge is -2.15. The fourth-order valence-corrected chi connectivity index (χ4v) is 2.40. The van der Waals surface area contributed by atoms with Crippen molar-refractivity contribution >= 4 is 49.3 Å². The molecule has 0 amide bonds. The molecule has 8 nitrogen and oxygen atoms in total. The van der Waals surface area contributed by atoms with E-state index in [-0.39, 0.29) is 0 Å². The lowest BCUT2D eigenvalue weighted by molar-refractivity contribution is 0.603. The Labute approximate surface area is 137 Å². The van der Waals surface area contributed by atoms with Crippen molar-refractivity contribution in [1.29, 1.82) is 0 Å². The molecule has 0 spiro atoms. The minimum atomic E-state index is -3.87. The highest BCUT2D eigenvalue weighted by Gasteiger charge is 2.11. The van der Waals surface area contributed by atoms with Gasteiger partial charge in [0.15, 0.2) is 0 Å². The molecule has 0 fully saturated rings. The van der Waals surface area contributed by atoms with Gasteiger partial charge in [-0.3, -0.25) is 4.72 Å². The summed E-state index contributed by atoms with van der Waals surface area (Å²) in [6.07, 6.45) is 1.61. The van der Waals surface area contributed by atoms with E-state index in [0.717, 1.165) is 0 Å². The molecular weight excluding hydrogens is 372 g/mol. The second-order valence-corrected chi connectivity index (χ2v) is 6.73. The molecule has 22 heavy (non-hydrogen) atoms. The normalized spacial score (nSPS) is 11.1. The van der Waals surface area contributed by atoms with Crippen LogP contribution >= 0.6 is 15.9 Å². The molecule has 118 valence electrons. The molecule has 2 aromatic rings. The highest BCUT2D eigenvalue weighted by molar-refractivity contribution is 9.10. The molecule has 0 bridgehead atoms.